The standard InChI is InChI=1S/C14H16F2N2OS/c15-11-4-3-9(12(16)7-11)6-13(19)18-5-1-2-10(8-18)14(17)20/h3-4,7,10H,1-2,5-6,8H2,(H2,17,20). The monoisotopic (exact) mass is 298 g/mol. The van der Waals surface area contributed by atoms with E-state index in [0.717, 1.165) is 25.0 Å². The predicted octanol–water partition coefficient (Wildman–Crippen LogP) is 2.03. The molecule has 1 unspecified atom stereocenters. The number of hydrogen-bond acceptors (Lipinski definition) is 2. The van der Waals surface area contributed by atoms with Crippen molar-refractivity contribution in [1.29, 1.82) is 0 Å². The zero-order valence-electron chi connectivity index (χ0n) is 10.9. The molecule has 20 heavy (non-hydrogen) atoms. The molecule has 0 spiro atoms. The molecule has 0 bridgehead atoms. The Kier molecular flexibility index (Phi) is 4.65. The molecule has 1 heterocycles. The zero-order chi connectivity index (χ0) is 14.7. The van der Waals surface area contributed by atoms with Gasteiger partial charge in [0.25, 0.3) is 0 Å². The highest BCUT2D eigenvalue weighted by Crippen LogP contribution is 2.18. The highest BCUT2D eigenvalue weighted by Gasteiger charge is 2.25. The maximum absolute atomic E-state index is 13.5. The molecule has 1 saturated heterocycles. The van der Waals surface area contributed by atoms with E-state index in [0.29, 0.717) is 18.1 Å². The summed E-state index contributed by atoms with van der Waals surface area (Å²) in [5.74, 6) is -1.50. The van der Waals surface area contributed by atoms with Gasteiger partial charge in [0, 0.05) is 25.1 Å². The number of amides is 1. The quantitative estimate of drug-likeness (QED) is 0.869. The van der Waals surface area contributed by atoms with Crippen LogP contribution >= 0.6 is 12.2 Å². The number of benzene rings is 1. The molecule has 0 aromatic heterocycles. The molecule has 1 atom stereocenters. The van der Waals surface area contributed by atoms with Gasteiger partial charge >= 0.3 is 0 Å². The largest absolute Gasteiger partial charge is 0.393 e. The van der Waals surface area contributed by atoms with Crippen molar-refractivity contribution < 1.29 is 13.6 Å². The lowest BCUT2D eigenvalue weighted by Gasteiger charge is -2.32. The topological polar surface area (TPSA) is 46.3 Å². The third-order valence-corrected chi connectivity index (χ3v) is 3.87. The fourth-order valence-electron chi connectivity index (χ4n) is 2.38. The Morgan fingerprint density at radius 2 is 2.20 bits per heavy atom. The Labute approximate surface area is 121 Å². The summed E-state index contributed by atoms with van der Waals surface area (Å²) in [5, 5.41) is 0. The second-order valence-corrected chi connectivity index (χ2v) is 5.47. The second kappa shape index (κ2) is 6.26. The van der Waals surface area contributed by atoms with Crippen molar-refractivity contribution in [3.8, 4) is 0 Å². The van der Waals surface area contributed by atoms with Crippen LogP contribution < -0.4 is 5.73 Å². The fraction of sp³-hybridized carbons (Fsp3) is 0.429. The van der Waals surface area contributed by atoms with Crippen LogP contribution in [0.4, 0.5) is 8.78 Å². The van der Waals surface area contributed by atoms with Crippen LogP contribution in [-0.4, -0.2) is 28.9 Å². The first-order valence-corrected chi connectivity index (χ1v) is 6.89. The number of halogens is 2. The Hall–Kier alpha value is -1.56. The van der Waals surface area contributed by atoms with Crippen molar-refractivity contribution in [3.63, 3.8) is 0 Å². The van der Waals surface area contributed by atoms with Crippen molar-refractivity contribution in [2.75, 3.05) is 13.1 Å². The van der Waals surface area contributed by atoms with E-state index in [-0.39, 0.29) is 23.8 Å². The van der Waals surface area contributed by atoms with E-state index in [9.17, 15) is 13.6 Å². The van der Waals surface area contributed by atoms with Crippen LogP contribution in [0.15, 0.2) is 18.2 Å². The molecule has 6 heteroatoms. The highest BCUT2D eigenvalue weighted by molar-refractivity contribution is 7.80. The smallest absolute Gasteiger partial charge is 0.227 e. The van der Waals surface area contributed by atoms with Crippen LogP contribution in [0.25, 0.3) is 0 Å². The molecular weight excluding hydrogens is 282 g/mol. The van der Waals surface area contributed by atoms with Gasteiger partial charge in [0.15, 0.2) is 0 Å². The van der Waals surface area contributed by atoms with Gasteiger partial charge in [-0.1, -0.05) is 18.3 Å². The van der Waals surface area contributed by atoms with Crippen molar-refractivity contribution in [3.05, 3.63) is 35.4 Å². The number of rotatable bonds is 3. The molecule has 2 N–H and O–H groups in total. The number of piperidine rings is 1. The van der Waals surface area contributed by atoms with Crippen molar-refractivity contribution in [2.45, 2.75) is 19.3 Å². The van der Waals surface area contributed by atoms with Gasteiger partial charge in [-0.2, -0.15) is 0 Å². The minimum absolute atomic E-state index is 0.0285. The Balaban J connectivity index is 2.02. The number of carbonyl (C=O) groups excluding carboxylic acids is 1. The lowest BCUT2D eigenvalue weighted by Crippen LogP contribution is -2.44. The average Bonchev–Trinajstić information content (AvgIpc) is 2.42. The number of carbonyl (C=O) groups is 1. The SMILES string of the molecule is NC(=S)C1CCCN(C(=O)Cc2ccc(F)cc2F)C1. The van der Waals surface area contributed by atoms with Gasteiger partial charge < -0.3 is 10.6 Å². The number of nitrogens with two attached hydrogens (primary N) is 1. The first-order valence-electron chi connectivity index (χ1n) is 6.48. The number of nitrogens with zero attached hydrogens (tertiary/aromatic N) is 1. The van der Waals surface area contributed by atoms with Crippen LogP contribution in [0.3, 0.4) is 0 Å². The Bertz CT molecular complexity index is 536. The molecule has 0 radical (unpaired) electrons. The molecule has 2 rings (SSSR count). The molecule has 1 amide bonds. The fourth-order valence-corrected chi connectivity index (χ4v) is 2.57. The van der Waals surface area contributed by atoms with E-state index >= 15 is 0 Å². The van der Waals surface area contributed by atoms with Crippen LogP contribution in [0, 0.1) is 17.6 Å². The predicted molar refractivity (Wildman–Crippen MR) is 76.2 cm³/mol. The number of hydrogen-bond donors (Lipinski definition) is 1. The summed E-state index contributed by atoms with van der Waals surface area (Å²) < 4.78 is 26.3. The molecule has 0 aliphatic carbocycles. The van der Waals surface area contributed by atoms with E-state index in [2.05, 4.69) is 0 Å². The Morgan fingerprint density at radius 3 is 2.85 bits per heavy atom. The highest BCUT2D eigenvalue weighted by atomic mass is 32.1. The van der Waals surface area contributed by atoms with Gasteiger partial charge in [0.05, 0.1) is 11.4 Å². The molecule has 1 fully saturated rings. The lowest BCUT2D eigenvalue weighted by molar-refractivity contribution is -0.131. The summed E-state index contributed by atoms with van der Waals surface area (Å²) in [6.45, 7) is 1.11. The first kappa shape index (κ1) is 14.8. The van der Waals surface area contributed by atoms with Gasteiger partial charge in [-0.05, 0) is 24.5 Å². The maximum atomic E-state index is 13.5. The van der Waals surface area contributed by atoms with Crippen molar-refractivity contribution >= 4 is 23.1 Å². The average molecular weight is 298 g/mol. The maximum Gasteiger partial charge on any atom is 0.227 e. The molecule has 3 nitrogen and oxygen atoms in total. The summed E-state index contributed by atoms with van der Waals surface area (Å²) in [7, 11) is 0. The number of likely N-dealkylation sites (tertiary alicyclic amines) is 1. The summed E-state index contributed by atoms with van der Waals surface area (Å²) in [4.78, 5) is 14.2. The van der Waals surface area contributed by atoms with Crippen molar-refractivity contribution in [2.24, 2.45) is 11.7 Å². The zero-order valence-corrected chi connectivity index (χ0v) is 11.8. The molecule has 1 aromatic carbocycles. The molecule has 1 aromatic rings. The summed E-state index contributed by atoms with van der Waals surface area (Å²) >= 11 is 4.96. The lowest BCUT2D eigenvalue weighted by atomic mass is 9.97. The van der Waals surface area contributed by atoms with Gasteiger partial charge in [-0.15, -0.1) is 0 Å². The molecule has 108 valence electrons. The first-order chi connectivity index (χ1) is 9.47. The van der Waals surface area contributed by atoms with Crippen molar-refractivity contribution in [1.82, 2.24) is 4.90 Å². The van der Waals surface area contributed by atoms with Gasteiger partial charge in [-0.25, -0.2) is 8.78 Å². The summed E-state index contributed by atoms with van der Waals surface area (Å²) in [6.07, 6.45) is 1.64. The van der Waals surface area contributed by atoms with E-state index in [4.69, 9.17) is 18.0 Å². The van der Waals surface area contributed by atoms with E-state index < -0.39 is 11.6 Å². The van der Waals surface area contributed by atoms with E-state index in [1.54, 1.807) is 4.90 Å². The number of thiocarbonyl (C=S) groups is 1. The third-order valence-electron chi connectivity index (χ3n) is 3.53. The van der Waals surface area contributed by atoms with Crippen LogP contribution in [-0.2, 0) is 11.2 Å². The summed E-state index contributed by atoms with van der Waals surface area (Å²) in [5.41, 5.74) is 5.82. The normalized spacial score (nSPS) is 18.9. The van der Waals surface area contributed by atoms with Crippen LogP contribution in [0.2, 0.25) is 0 Å². The van der Waals surface area contributed by atoms with Crippen LogP contribution in [0.1, 0.15) is 18.4 Å². The van der Waals surface area contributed by atoms with Crippen LogP contribution in [0.5, 0.6) is 0 Å². The van der Waals surface area contributed by atoms with Gasteiger partial charge in [0.2, 0.25) is 5.91 Å². The second-order valence-electron chi connectivity index (χ2n) is 4.99. The molecule has 0 saturated carbocycles. The minimum Gasteiger partial charge on any atom is -0.393 e. The molecule has 1 aliphatic heterocycles. The minimum atomic E-state index is -0.693. The third kappa shape index (κ3) is 3.50. The van der Waals surface area contributed by atoms with E-state index in [1.807, 2.05) is 0 Å². The van der Waals surface area contributed by atoms with Gasteiger partial charge in [0.1, 0.15) is 11.6 Å². The molecule has 1 aliphatic rings. The summed E-state index contributed by atoms with van der Waals surface area (Å²) in [6, 6.07) is 3.24. The van der Waals surface area contributed by atoms with E-state index in [1.165, 1.54) is 6.07 Å². The van der Waals surface area contributed by atoms with Gasteiger partial charge in [-0.3, -0.25) is 4.79 Å². The molecular formula is C14H16F2N2OS. The Morgan fingerprint density at radius 1 is 1.45 bits per heavy atom.